The highest BCUT2D eigenvalue weighted by Gasteiger charge is 2.38. The lowest BCUT2D eigenvalue weighted by atomic mass is 9.78. The first kappa shape index (κ1) is 49.7. The van der Waals surface area contributed by atoms with E-state index >= 15 is 0 Å². The van der Waals surface area contributed by atoms with Crippen molar-refractivity contribution in [1.82, 2.24) is 4.57 Å². The maximum atomic E-state index is 6.54. The molecule has 0 aliphatic carbocycles. The Balaban J connectivity index is 1.31. The molecule has 76 heavy (non-hydrogen) atoms. The molecule has 0 amide bonds. The number of ether oxygens (including phenoxy) is 2. The molecule has 0 aliphatic heterocycles. The fourth-order valence-corrected chi connectivity index (χ4v) is 11.7. The van der Waals surface area contributed by atoms with Crippen molar-refractivity contribution < 1.29 is 14.0 Å². The van der Waals surface area contributed by atoms with Crippen LogP contribution in [0.25, 0.3) is 11.4 Å². The van der Waals surface area contributed by atoms with E-state index < -0.39 is 0 Å². The predicted molar refractivity (Wildman–Crippen MR) is 316 cm³/mol. The van der Waals surface area contributed by atoms with Gasteiger partial charge in [0.05, 0.1) is 14.2 Å². The molecule has 0 unspecified atom stereocenters. The Hall–Kier alpha value is -8.55. The number of methoxy groups -OCH3 is 2. The first-order valence-corrected chi connectivity index (χ1v) is 26.6. The van der Waals surface area contributed by atoms with Crippen molar-refractivity contribution in [2.24, 2.45) is 0 Å². The van der Waals surface area contributed by atoms with Crippen LogP contribution in [0.4, 0.5) is 0 Å². The molecule has 6 heteroatoms. The van der Waals surface area contributed by atoms with Crippen LogP contribution >= 0.6 is 24.8 Å². The Kier molecular flexibility index (Phi) is 15.0. The summed E-state index contributed by atoms with van der Waals surface area (Å²) in [4.78, 5) is 0. The topological polar surface area (TPSA) is 27.3 Å². The third-order valence-corrected chi connectivity index (χ3v) is 14.9. The normalized spacial score (nSPS) is 11.4. The number of thiol groups is 1. The highest BCUT2D eigenvalue weighted by atomic mass is 32.1. The van der Waals surface area contributed by atoms with Gasteiger partial charge >= 0.3 is 5.82 Å². The van der Waals surface area contributed by atoms with E-state index in [4.69, 9.17) is 34.3 Å². The molecule has 0 aliphatic rings. The number of rotatable bonds is 17. The molecular formula is C70H57N2O2S2+. The average Bonchev–Trinajstić information content (AvgIpc) is 3.92. The fourth-order valence-electron chi connectivity index (χ4n) is 11.3. The summed E-state index contributed by atoms with van der Waals surface area (Å²) in [6, 6.07) is 95.1. The zero-order chi connectivity index (χ0) is 51.8. The minimum Gasteiger partial charge on any atom is -0.497 e. The monoisotopic (exact) mass is 1020 g/mol. The molecule has 0 radical (unpaired) electrons. The van der Waals surface area contributed by atoms with E-state index in [9.17, 15) is 0 Å². The molecule has 0 saturated heterocycles. The first-order chi connectivity index (χ1) is 37.5. The van der Waals surface area contributed by atoms with Gasteiger partial charge in [0, 0.05) is 45.9 Å². The second kappa shape index (κ2) is 22.9. The second-order valence-corrected chi connectivity index (χ2v) is 20.2. The molecule has 11 aromatic rings. The average molecular weight is 1020 g/mol. The minimum absolute atomic E-state index is 0.233. The third kappa shape index (κ3) is 10.1. The summed E-state index contributed by atoms with van der Waals surface area (Å²) in [6.07, 6.45) is 4.37. The summed E-state index contributed by atoms with van der Waals surface area (Å²) in [6.45, 7) is 0. The zero-order valence-electron chi connectivity index (χ0n) is 42.4. The Morgan fingerprint density at radius 1 is 0.382 bits per heavy atom. The smallest absolute Gasteiger partial charge is 0.316 e. The standard InChI is InChI=1S/C70H56N2O2S2/c1-73-57-45-59(63(49-27-11-3-12-28-49)50-29-13-4-14-30-50)67(60(46-57)64(51-31-15-5-16-32-51)52-33-17-6-18-34-52)71-43-44-72(69(71)70(75)76)68-61(65(53-35-19-7-20-36-53)54-37-21-8-22-38-54)47-58(74-2)48-62(68)66(55-39-23-9-24-40-55)56-41-25-10-26-42-56/h3-48,63-66H,1-2H3/p+1. The quantitative estimate of drug-likeness (QED) is 0.0426. The van der Waals surface area contributed by atoms with E-state index in [-0.39, 0.29) is 23.7 Å². The fraction of sp³-hybridized carbons (Fsp3) is 0.0857. The Morgan fingerprint density at radius 2 is 0.618 bits per heavy atom. The van der Waals surface area contributed by atoms with Gasteiger partial charge in [-0.25, -0.2) is 0 Å². The number of thiocarbonyl (C=S) groups is 1. The van der Waals surface area contributed by atoms with Gasteiger partial charge in [-0.15, -0.1) is 12.6 Å². The van der Waals surface area contributed by atoms with Crippen LogP contribution in [-0.4, -0.2) is 23.0 Å². The lowest BCUT2D eigenvalue weighted by Gasteiger charge is -2.28. The van der Waals surface area contributed by atoms with Crippen LogP contribution in [0.3, 0.4) is 0 Å². The lowest BCUT2D eigenvalue weighted by Crippen LogP contribution is -2.39. The highest BCUT2D eigenvalue weighted by molar-refractivity contribution is 8.11. The minimum atomic E-state index is -0.233. The van der Waals surface area contributed by atoms with E-state index in [0.717, 1.165) is 95.5 Å². The van der Waals surface area contributed by atoms with Crippen molar-refractivity contribution >= 4 is 29.0 Å². The van der Waals surface area contributed by atoms with Gasteiger partial charge in [0.25, 0.3) is 0 Å². The van der Waals surface area contributed by atoms with Crippen molar-refractivity contribution in [2.45, 2.75) is 23.7 Å². The van der Waals surface area contributed by atoms with Crippen molar-refractivity contribution in [3.63, 3.8) is 0 Å². The number of imidazole rings is 1. The molecule has 10 aromatic carbocycles. The number of hydrogen-bond acceptors (Lipinski definition) is 3. The van der Waals surface area contributed by atoms with Gasteiger partial charge in [0.15, 0.2) is 4.20 Å². The molecule has 0 fully saturated rings. The summed E-state index contributed by atoms with van der Waals surface area (Å²) >= 11 is 11.9. The van der Waals surface area contributed by atoms with Gasteiger partial charge in [0.2, 0.25) is 0 Å². The Morgan fingerprint density at radius 3 is 0.855 bits per heavy atom. The van der Waals surface area contributed by atoms with Crippen molar-refractivity contribution in [3.05, 3.63) is 352 Å². The molecule has 0 saturated carbocycles. The highest BCUT2D eigenvalue weighted by Crippen LogP contribution is 2.47. The van der Waals surface area contributed by atoms with Crippen LogP contribution in [0.1, 0.15) is 96.3 Å². The summed E-state index contributed by atoms with van der Waals surface area (Å²) in [5.41, 5.74) is 15.3. The maximum absolute atomic E-state index is 6.54. The van der Waals surface area contributed by atoms with E-state index in [0.29, 0.717) is 4.20 Å². The van der Waals surface area contributed by atoms with E-state index in [1.54, 1.807) is 14.2 Å². The number of aromatic nitrogens is 2. The number of nitrogens with zero attached hydrogens (tertiary/aromatic N) is 2. The Labute approximate surface area is 457 Å². The van der Waals surface area contributed by atoms with Gasteiger partial charge in [-0.05, 0) is 68.8 Å². The van der Waals surface area contributed by atoms with E-state index in [2.05, 4.69) is 288 Å². The second-order valence-electron chi connectivity index (χ2n) is 19.0. The van der Waals surface area contributed by atoms with Gasteiger partial charge < -0.3 is 9.47 Å². The maximum Gasteiger partial charge on any atom is 0.316 e. The van der Waals surface area contributed by atoms with Crippen LogP contribution in [-0.2, 0) is 0 Å². The largest absolute Gasteiger partial charge is 0.497 e. The SMILES string of the molecule is COc1cc(C(c2ccccc2)c2ccccc2)c(-n2cc[n+](-c3c(C(c4ccccc4)c4ccccc4)cc(OC)cc3C(c3ccccc3)c3ccccc3)c2C(=S)S)c(C(c2ccccc2)c2ccccc2)c1. The van der Waals surface area contributed by atoms with Gasteiger partial charge in [-0.2, -0.15) is 9.13 Å². The van der Waals surface area contributed by atoms with Gasteiger partial charge in [-0.3, -0.25) is 0 Å². The molecule has 1 heterocycles. The molecule has 4 nitrogen and oxygen atoms in total. The van der Waals surface area contributed by atoms with Crippen molar-refractivity contribution in [2.75, 3.05) is 14.2 Å². The first-order valence-electron chi connectivity index (χ1n) is 25.7. The molecular weight excluding hydrogens is 965 g/mol. The molecule has 370 valence electrons. The molecule has 11 rings (SSSR count). The zero-order valence-corrected chi connectivity index (χ0v) is 44.1. The molecule has 0 atom stereocenters. The number of benzene rings is 10. The summed E-state index contributed by atoms with van der Waals surface area (Å²) in [7, 11) is 3.53. The van der Waals surface area contributed by atoms with Crippen molar-refractivity contribution in [1.29, 1.82) is 0 Å². The molecule has 0 spiro atoms. The third-order valence-electron chi connectivity index (χ3n) is 14.6. The van der Waals surface area contributed by atoms with Crippen LogP contribution in [0, 0.1) is 0 Å². The van der Waals surface area contributed by atoms with Gasteiger partial charge in [0.1, 0.15) is 35.3 Å². The summed E-state index contributed by atoms with van der Waals surface area (Å²) in [5.74, 6) is 1.29. The summed E-state index contributed by atoms with van der Waals surface area (Å²) < 4.78 is 17.8. The molecule has 0 N–H and O–H groups in total. The van der Waals surface area contributed by atoms with Crippen LogP contribution in [0.5, 0.6) is 11.5 Å². The predicted octanol–water partition coefficient (Wildman–Crippen LogP) is 16.1. The number of hydrogen-bond donors (Lipinski definition) is 1. The van der Waals surface area contributed by atoms with Crippen LogP contribution in [0.2, 0.25) is 0 Å². The lowest BCUT2D eigenvalue weighted by molar-refractivity contribution is -0.597. The van der Waals surface area contributed by atoms with Crippen LogP contribution in [0.15, 0.2) is 279 Å². The molecule has 0 bridgehead atoms. The van der Waals surface area contributed by atoms with Gasteiger partial charge in [-0.1, -0.05) is 255 Å². The van der Waals surface area contributed by atoms with Crippen molar-refractivity contribution in [3.8, 4) is 22.9 Å². The van der Waals surface area contributed by atoms with E-state index in [1.807, 2.05) is 0 Å². The van der Waals surface area contributed by atoms with Crippen LogP contribution < -0.4 is 14.0 Å². The van der Waals surface area contributed by atoms with E-state index in [1.165, 1.54) is 0 Å². The molecule has 1 aromatic heterocycles. The Bertz CT molecular complexity index is 3080. The summed E-state index contributed by atoms with van der Waals surface area (Å²) in [5, 5.41) is 0.